The Morgan fingerprint density at radius 2 is 1.68 bits per heavy atom. The molecule has 0 saturated carbocycles. The van der Waals surface area contributed by atoms with Crippen LogP contribution in [0.3, 0.4) is 0 Å². The monoisotopic (exact) mass is 459 g/mol. The molecular formula is C28H33N3O3. The van der Waals surface area contributed by atoms with Crippen LogP contribution in [-0.4, -0.2) is 52.2 Å². The van der Waals surface area contributed by atoms with Crippen LogP contribution in [0, 0.1) is 0 Å². The van der Waals surface area contributed by atoms with Crippen LogP contribution in [-0.2, 0) is 13.0 Å². The van der Waals surface area contributed by atoms with Crippen LogP contribution >= 0.6 is 0 Å². The lowest BCUT2D eigenvalue weighted by atomic mass is 9.96. The van der Waals surface area contributed by atoms with Crippen LogP contribution in [0.1, 0.15) is 33.1 Å². The predicted octanol–water partition coefficient (Wildman–Crippen LogP) is 4.30. The first-order valence-electron chi connectivity index (χ1n) is 11.6. The average Bonchev–Trinajstić information content (AvgIpc) is 2.88. The van der Waals surface area contributed by atoms with Gasteiger partial charge in [-0.15, -0.1) is 0 Å². The van der Waals surface area contributed by atoms with Crippen LogP contribution in [0.15, 0.2) is 66.7 Å². The second-order valence-electron chi connectivity index (χ2n) is 8.77. The fraction of sp³-hybridized carbons (Fsp3) is 0.321. The third-order valence-electron chi connectivity index (χ3n) is 6.50. The predicted molar refractivity (Wildman–Crippen MR) is 136 cm³/mol. The Morgan fingerprint density at radius 3 is 2.35 bits per heavy atom. The summed E-state index contributed by atoms with van der Waals surface area (Å²) in [4.78, 5) is 17.6. The second kappa shape index (κ2) is 10.6. The van der Waals surface area contributed by atoms with E-state index in [2.05, 4.69) is 63.6 Å². The molecule has 0 bridgehead atoms. The van der Waals surface area contributed by atoms with Gasteiger partial charge >= 0.3 is 0 Å². The number of benzene rings is 3. The van der Waals surface area contributed by atoms with Gasteiger partial charge in [-0.25, -0.2) is 0 Å². The van der Waals surface area contributed by atoms with Crippen molar-refractivity contribution in [2.45, 2.75) is 19.0 Å². The number of carbonyl (C=O) groups excluding carboxylic acids is 1. The molecule has 0 spiro atoms. The van der Waals surface area contributed by atoms with Crippen LogP contribution < -0.4 is 19.7 Å². The molecule has 6 heteroatoms. The molecule has 1 N–H and O–H groups in total. The number of hydrogen-bond donors (Lipinski definition) is 1. The minimum absolute atomic E-state index is 0.0636. The van der Waals surface area contributed by atoms with Gasteiger partial charge in [0.1, 0.15) is 0 Å². The quantitative estimate of drug-likeness (QED) is 0.544. The SMILES string of the molecule is COc1ccc(C(=O)NC[C@H](c2ccc(N(C)C)cc2)N2CCc3ccccc3C2)cc1OC. The number of ether oxygens (including phenoxy) is 2. The van der Waals surface area contributed by atoms with Crippen molar-refractivity contribution in [1.29, 1.82) is 0 Å². The van der Waals surface area contributed by atoms with E-state index in [1.807, 2.05) is 14.1 Å². The number of nitrogens with one attached hydrogen (secondary N) is 1. The Balaban J connectivity index is 1.55. The van der Waals surface area contributed by atoms with Gasteiger partial charge in [-0.05, 0) is 53.4 Å². The Hall–Kier alpha value is -3.51. The number of rotatable bonds is 8. The lowest BCUT2D eigenvalue weighted by Crippen LogP contribution is -2.40. The maximum Gasteiger partial charge on any atom is 0.251 e. The minimum Gasteiger partial charge on any atom is -0.493 e. The van der Waals surface area contributed by atoms with Crippen LogP contribution in [0.4, 0.5) is 5.69 Å². The van der Waals surface area contributed by atoms with Crippen LogP contribution in [0.2, 0.25) is 0 Å². The van der Waals surface area contributed by atoms with E-state index >= 15 is 0 Å². The van der Waals surface area contributed by atoms with Crippen molar-refractivity contribution in [2.24, 2.45) is 0 Å². The van der Waals surface area contributed by atoms with Crippen molar-refractivity contribution < 1.29 is 14.3 Å². The van der Waals surface area contributed by atoms with Crippen molar-refractivity contribution in [2.75, 3.05) is 46.3 Å². The zero-order valence-corrected chi connectivity index (χ0v) is 20.4. The van der Waals surface area contributed by atoms with Gasteiger partial charge in [0.2, 0.25) is 0 Å². The molecule has 1 atom stereocenters. The standard InChI is InChI=1S/C28H33N3O3/c1-30(2)24-12-9-21(10-13-24)25(31-16-15-20-7-5-6-8-23(20)19-31)18-29-28(32)22-11-14-26(33-3)27(17-22)34-4/h5-14,17,25H,15-16,18-19H2,1-4H3,(H,29,32)/t25-/m1/s1. The number of carbonyl (C=O) groups is 1. The summed E-state index contributed by atoms with van der Waals surface area (Å²) < 4.78 is 10.7. The number of amides is 1. The van der Waals surface area contributed by atoms with Crippen LogP contribution in [0.25, 0.3) is 0 Å². The number of hydrogen-bond acceptors (Lipinski definition) is 5. The molecule has 0 aromatic heterocycles. The lowest BCUT2D eigenvalue weighted by molar-refractivity contribution is 0.0927. The zero-order chi connectivity index (χ0) is 24.1. The molecule has 3 aromatic rings. The Labute approximate surface area is 202 Å². The van der Waals surface area contributed by atoms with Crippen molar-refractivity contribution in [1.82, 2.24) is 10.2 Å². The third kappa shape index (κ3) is 5.18. The Kier molecular flexibility index (Phi) is 7.38. The Bertz CT molecular complexity index is 1130. The van der Waals surface area contributed by atoms with E-state index in [1.165, 1.54) is 16.7 Å². The molecule has 6 nitrogen and oxygen atoms in total. The number of anilines is 1. The first kappa shape index (κ1) is 23.6. The van der Waals surface area contributed by atoms with Crippen LogP contribution in [0.5, 0.6) is 11.5 Å². The molecule has 0 fully saturated rings. The topological polar surface area (TPSA) is 54.0 Å². The third-order valence-corrected chi connectivity index (χ3v) is 6.50. The van der Waals surface area contributed by atoms with Gasteiger partial charge in [0.05, 0.1) is 20.3 Å². The van der Waals surface area contributed by atoms with E-state index in [9.17, 15) is 4.79 Å². The summed E-state index contributed by atoms with van der Waals surface area (Å²) in [5, 5.41) is 3.16. The molecule has 3 aromatic carbocycles. The largest absolute Gasteiger partial charge is 0.493 e. The molecule has 0 radical (unpaired) electrons. The molecule has 4 rings (SSSR count). The summed E-state index contributed by atoms with van der Waals surface area (Å²) in [6.07, 6.45) is 1.01. The summed E-state index contributed by atoms with van der Waals surface area (Å²) >= 11 is 0. The van der Waals surface area contributed by atoms with E-state index in [-0.39, 0.29) is 11.9 Å². The molecule has 0 saturated heterocycles. The lowest BCUT2D eigenvalue weighted by Gasteiger charge is -2.36. The smallest absolute Gasteiger partial charge is 0.251 e. The van der Waals surface area contributed by atoms with E-state index in [4.69, 9.17) is 9.47 Å². The van der Waals surface area contributed by atoms with E-state index in [1.54, 1.807) is 32.4 Å². The molecule has 34 heavy (non-hydrogen) atoms. The highest BCUT2D eigenvalue weighted by molar-refractivity contribution is 5.94. The van der Waals surface area contributed by atoms with Gasteiger partial charge in [-0.2, -0.15) is 0 Å². The molecule has 178 valence electrons. The van der Waals surface area contributed by atoms with E-state index < -0.39 is 0 Å². The Morgan fingerprint density at radius 1 is 0.971 bits per heavy atom. The van der Waals surface area contributed by atoms with E-state index in [0.717, 1.165) is 25.2 Å². The summed E-state index contributed by atoms with van der Waals surface area (Å²) in [7, 11) is 7.23. The maximum atomic E-state index is 13.0. The normalized spacial score (nSPS) is 14.1. The highest BCUT2D eigenvalue weighted by atomic mass is 16.5. The molecule has 0 unspecified atom stereocenters. The number of fused-ring (bicyclic) bond motifs is 1. The van der Waals surface area contributed by atoms with E-state index in [0.29, 0.717) is 23.6 Å². The zero-order valence-electron chi connectivity index (χ0n) is 20.4. The van der Waals surface area contributed by atoms with Crippen molar-refractivity contribution in [3.63, 3.8) is 0 Å². The fourth-order valence-corrected chi connectivity index (χ4v) is 4.50. The van der Waals surface area contributed by atoms with Gasteiger partial charge in [-0.1, -0.05) is 36.4 Å². The fourth-order valence-electron chi connectivity index (χ4n) is 4.50. The summed E-state index contributed by atoms with van der Waals surface area (Å²) in [5.41, 5.74) is 5.66. The van der Waals surface area contributed by atoms with Crippen molar-refractivity contribution in [3.05, 3.63) is 89.0 Å². The minimum atomic E-state index is -0.131. The van der Waals surface area contributed by atoms with Crippen molar-refractivity contribution in [3.8, 4) is 11.5 Å². The van der Waals surface area contributed by atoms with Gasteiger partial charge < -0.3 is 19.7 Å². The summed E-state index contributed by atoms with van der Waals surface area (Å²) in [5.74, 6) is 1.01. The summed E-state index contributed by atoms with van der Waals surface area (Å²) in [6, 6.07) is 22.5. The molecule has 1 aliphatic rings. The molecular weight excluding hydrogens is 426 g/mol. The van der Waals surface area contributed by atoms with Crippen molar-refractivity contribution >= 4 is 11.6 Å². The highest BCUT2D eigenvalue weighted by Crippen LogP contribution is 2.30. The highest BCUT2D eigenvalue weighted by Gasteiger charge is 2.25. The molecule has 0 aliphatic carbocycles. The first-order chi connectivity index (χ1) is 16.5. The number of methoxy groups -OCH3 is 2. The molecule has 1 amide bonds. The van der Waals surface area contributed by atoms with Gasteiger partial charge in [-0.3, -0.25) is 9.69 Å². The van der Waals surface area contributed by atoms with Gasteiger partial charge in [0, 0.05) is 45.0 Å². The second-order valence-corrected chi connectivity index (χ2v) is 8.77. The average molecular weight is 460 g/mol. The molecule has 1 heterocycles. The van der Waals surface area contributed by atoms with Gasteiger partial charge in [0.25, 0.3) is 5.91 Å². The molecule has 1 aliphatic heterocycles. The van der Waals surface area contributed by atoms with Gasteiger partial charge in [0.15, 0.2) is 11.5 Å². The first-order valence-corrected chi connectivity index (χ1v) is 11.6. The number of nitrogens with zero attached hydrogens (tertiary/aromatic N) is 2. The summed E-state index contributed by atoms with van der Waals surface area (Å²) in [6.45, 7) is 2.32. The maximum absolute atomic E-state index is 13.0.